The Morgan fingerprint density at radius 3 is 2.55 bits per heavy atom. The summed E-state index contributed by atoms with van der Waals surface area (Å²) in [7, 11) is 4.00. The third kappa shape index (κ3) is 8.49. The molecule has 1 amide bonds. The molecular formula is C33H55ClN2O2. The van der Waals surface area contributed by atoms with E-state index in [1.54, 1.807) is 5.57 Å². The van der Waals surface area contributed by atoms with Gasteiger partial charge in [-0.05, 0) is 99.6 Å². The van der Waals surface area contributed by atoms with Gasteiger partial charge in [-0.25, -0.2) is 4.79 Å². The number of likely N-dealkylation sites (N-methyl/N-ethyl adjacent to an activating group) is 1. The molecule has 3 aliphatic carbocycles. The van der Waals surface area contributed by atoms with Crippen molar-refractivity contribution in [3.63, 3.8) is 0 Å². The quantitative estimate of drug-likeness (QED) is 0.295. The first-order chi connectivity index (χ1) is 17.5. The Balaban J connectivity index is 0.00000507. The maximum Gasteiger partial charge on any atom is 0.407 e. The van der Waals surface area contributed by atoms with E-state index in [2.05, 4.69) is 70.8 Å². The van der Waals surface area contributed by atoms with Gasteiger partial charge in [0.1, 0.15) is 6.10 Å². The van der Waals surface area contributed by atoms with Crippen molar-refractivity contribution in [1.82, 2.24) is 10.2 Å². The number of carbonyl (C=O) groups is 1. The minimum absolute atomic E-state index is 0. The Labute approximate surface area is 239 Å². The van der Waals surface area contributed by atoms with E-state index in [1.807, 2.05) is 19.0 Å². The second-order valence-electron chi connectivity index (χ2n) is 13.0. The second-order valence-corrected chi connectivity index (χ2v) is 13.0. The van der Waals surface area contributed by atoms with Crippen LogP contribution in [0.25, 0.3) is 0 Å². The average molecular weight is 547 g/mol. The number of allylic oxidation sites excluding steroid dienone is 6. The molecule has 0 aromatic heterocycles. The van der Waals surface area contributed by atoms with Crippen LogP contribution < -0.4 is 5.32 Å². The predicted octanol–water partition coefficient (Wildman–Crippen LogP) is 8.36. The van der Waals surface area contributed by atoms with E-state index >= 15 is 0 Å². The highest BCUT2D eigenvalue weighted by Gasteiger charge is 2.50. The molecule has 1 N–H and O–H groups in total. The van der Waals surface area contributed by atoms with Crippen LogP contribution in [0.3, 0.4) is 0 Å². The fraction of sp³-hybridized carbons (Fsp3) is 0.727. The molecule has 6 atom stereocenters. The summed E-state index contributed by atoms with van der Waals surface area (Å²) in [4.78, 5) is 14.3. The number of hydrogen-bond donors (Lipinski definition) is 1. The van der Waals surface area contributed by atoms with E-state index < -0.39 is 0 Å². The van der Waals surface area contributed by atoms with E-state index in [4.69, 9.17) is 4.74 Å². The maximum atomic E-state index is 12.2. The third-order valence-electron chi connectivity index (χ3n) is 9.71. The molecule has 4 nitrogen and oxygen atoms in total. The van der Waals surface area contributed by atoms with Gasteiger partial charge in [-0.2, -0.15) is 0 Å². The SMILES string of the molecule is C=C1CC[C@H](OC(=O)NCCN(C)C)C/C1=C/C=C1\CCC[C@]2(C)[C@@H]([C@H](C)/C=C/[C@H](C)C(C)C)CC[C@@H]12.Cl. The summed E-state index contributed by atoms with van der Waals surface area (Å²) in [6, 6.07) is 0. The third-order valence-corrected chi connectivity index (χ3v) is 9.71. The first-order valence-electron chi connectivity index (χ1n) is 14.9. The normalized spacial score (nSPS) is 31.5. The van der Waals surface area contributed by atoms with E-state index in [9.17, 15) is 4.79 Å². The van der Waals surface area contributed by atoms with Crippen LogP contribution in [0.4, 0.5) is 4.79 Å². The monoisotopic (exact) mass is 546 g/mol. The highest BCUT2D eigenvalue weighted by Crippen LogP contribution is 2.59. The summed E-state index contributed by atoms with van der Waals surface area (Å²) in [5.74, 6) is 3.42. The molecule has 0 bridgehead atoms. The Bertz CT molecular complexity index is 889. The van der Waals surface area contributed by atoms with Crippen LogP contribution in [0.2, 0.25) is 0 Å². The highest BCUT2D eigenvalue weighted by molar-refractivity contribution is 5.85. The summed E-state index contributed by atoms with van der Waals surface area (Å²) in [5.41, 5.74) is 4.48. The van der Waals surface area contributed by atoms with Crippen molar-refractivity contribution in [3.8, 4) is 0 Å². The highest BCUT2D eigenvalue weighted by atomic mass is 35.5. The van der Waals surface area contributed by atoms with Crippen molar-refractivity contribution in [1.29, 1.82) is 0 Å². The maximum absolute atomic E-state index is 12.2. The topological polar surface area (TPSA) is 41.6 Å². The number of nitrogens with zero attached hydrogens (tertiary/aromatic N) is 1. The molecule has 3 aliphatic rings. The molecule has 0 aliphatic heterocycles. The zero-order valence-corrected chi connectivity index (χ0v) is 26.0. The van der Waals surface area contributed by atoms with Gasteiger partial charge in [0.25, 0.3) is 0 Å². The number of nitrogens with one attached hydrogen (secondary N) is 1. The van der Waals surface area contributed by atoms with Crippen LogP contribution in [-0.4, -0.2) is 44.3 Å². The minimum Gasteiger partial charge on any atom is -0.446 e. The molecule has 0 saturated heterocycles. The molecule has 5 heteroatoms. The zero-order chi connectivity index (χ0) is 27.2. The number of hydrogen-bond acceptors (Lipinski definition) is 3. The van der Waals surface area contributed by atoms with Gasteiger partial charge in [0, 0.05) is 19.5 Å². The number of fused-ring (bicyclic) bond motifs is 1. The van der Waals surface area contributed by atoms with Crippen molar-refractivity contribution >= 4 is 18.5 Å². The molecular weight excluding hydrogens is 492 g/mol. The smallest absolute Gasteiger partial charge is 0.407 e. The van der Waals surface area contributed by atoms with Crippen molar-refractivity contribution in [2.45, 2.75) is 92.1 Å². The summed E-state index contributed by atoms with van der Waals surface area (Å²) < 4.78 is 5.75. The van der Waals surface area contributed by atoms with Gasteiger partial charge in [0.05, 0.1) is 0 Å². The fourth-order valence-corrected chi connectivity index (χ4v) is 6.91. The lowest BCUT2D eigenvalue weighted by Gasteiger charge is -2.44. The Morgan fingerprint density at radius 1 is 1.13 bits per heavy atom. The second kappa shape index (κ2) is 14.7. The van der Waals surface area contributed by atoms with Crippen LogP contribution in [0.15, 0.2) is 47.6 Å². The molecule has 3 rings (SSSR count). The van der Waals surface area contributed by atoms with Crippen molar-refractivity contribution in [2.75, 3.05) is 27.2 Å². The number of amides is 1. The molecule has 38 heavy (non-hydrogen) atoms. The minimum atomic E-state index is -0.303. The Kier molecular flexibility index (Phi) is 12.7. The van der Waals surface area contributed by atoms with Gasteiger partial charge < -0.3 is 15.0 Å². The summed E-state index contributed by atoms with van der Waals surface area (Å²) >= 11 is 0. The fourth-order valence-electron chi connectivity index (χ4n) is 6.91. The first-order valence-corrected chi connectivity index (χ1v) is 14.9. The number of rotatable bonds is 9. The molecule has 0 spiro atoms. The van der Waals surface area contributed by atoms with Crippen molar-refractivity contribution < 1.29 is 9.53 Å². The number of ether oxygens (including phenoxy) is 1. The lowest BCUT2D eigenvalue weighted by molar-refractivity contribution is 0.0890. The lowest BCUT2D eigenvalue weighted by atomic mass is 9.61. The molecule has 0 aromatic carbocycles. The van der Waals surface area contributed by atoms with Gasteiger partial charge in [0.15, 0.2) is 0 Å². The Morgan fingerprint density at radius 2 is 1.87 bits per heavy atom. The first kappa shape index (κ1) is 32.7. The lowest BCUT2D eigenvalue weighted by Crippen LogP contribution is -2.35. The molecule has 0 radical (unpaired) electrons. The van der Waals surface area contributed by atoms with Gasteiger partial charge >= 0.3 is 6.09 Å². The van der Waals surface area contributed by atoms with Gasteiger partial charge in [-0.1, -0.05) is 76.6 Å². The van der Waals surface area contributed by atoms with E-state index in [0.717, 1.165) is 31.7 Å². The summed E-state index contributed by atoms with van der Waals surface area (Å²) in [6.07, 6.45) is 18.4. The zero-order valence-electron chi connectivity index (χ0n) is 25.2. The van der Waals surface area contributed by atoms with E-state index in [1.165, 1.54) is 43.3 Å². The largest absolute Gasteiger partial charge is 0.446 e. The predicted molar refractivity (Wildman–Crippen MR) is 164 cm³/mol. The summed E-state index contributed by atoms with van der Waals surface area (Å²) in [5, 5.41) is 2.87. The van der Waals surface area contributed by atoms with Crippen LogP contribution >= 0.6 is 12.4 Å². The van der Waals surface area contributed by atoms with Gasteiger partial charge in [0.2, 0.25) is 0 Å². The molecule has 3 fully saturated rings. The van der Waals surface area contributed by atoms with Crippen LogP contribution in [0.1, 0.15) is 86.0 Å². The standard InChI is InChI=1S/C33H54N2O2.ClH/c1-23(2)24(3)11-12-26(5)30-17-18-31-27(10-9-19-33(30,31)6)14-15-28-22-29(16-13-25(28)4)37-32(36)34-20-21-35(7)8;/h11-12,14-15,23-24,26,29-31H,4,9-10,13,16-22H2,1-3,5-8H3,(H,34,36);1H/b12-11+,27-14+,28-15-;/t24-,26+,29-,30+,31-,33+;/m0./s1. The number of alkyl carbamates (subject to hydrolysis) is 1. The van der Waals surface area contributed by atoms with Crippen LogP contribution in [0.5, 0.6) is 0 Å². The van der Waals surface area contributed by atoms with Crippen molar-refractivity contribution in [2.24, 2.45) is 35.0 Å². The molecule has 0 aromatic rings. The number of halogens is 1. The Hall–Kier alpha value is -1.52. The molecule has 0 unspecified atom stereocenters. The van der Waals surface area contributed by atoms with Crippen molar-refractivity contribution in [3.05, 3.63) is 47.6 Å². The summed E-state index contributed by atoms with van der Waals surface area (Å²) in [6.45, 7) is 17.7. The van der Waals surface area contributed by atoms with Crippen LogP contribution in [-0.2, 0) is 4.74 Å². The van der Waals surface area contributed by atoms with E-state index in [-0.39, 0.29) is 24.6 Å². The van der Waals surface area contributed by atoms with E-state index in [0.29, 0.717) is 35.6 Å². The molecule has 216 valence electrons. The number of carbonyl (C=O) groups excluding carboxylic acids is 1. The van der Waals surface area contributed by atoms with Crippen LogP contribution in [0, 0.1) is 35.0 Å². The van der Waals surface area contributed by atoms with Gasteiger partial charge in [-0.15, -0.1) is 12.4 Å². The molecule has 0 heterocycles. The van der Waals surface area contributed by atoms with Gasteiger partial charge in [-0.3, -0.25) is 0 Å². The molecule has 3 saturated carbocycles. The average Bonchev–Trinajstić information content (AvgIpc) is 3.19.